The van der Waals surface area contributed by atoms with Crippen molar-refractivity contribution in [3.63, 3.8) is 0 Å². The molecule has 2 aromatic carbocycles. The van der Waals surface area contributed by atoms with E-state index in [4.69, 9.17) is 11.6 Å². The first kappa shape index (κ1) is 11.2. The summed E-state index contributed by atoms with van der Waals surface area (Å²) < 4.78 is 0. The molecule has 1 atom stereocenters. The van der Waals surface area contributed by atoms with Gasteiger partial charge in [-0.1, -0.05) is 61.5 Å². The molecule has 0 bridgehead atoms. The van der Waals surface area contributed by atoms with Crippen LogP contribution in [0.5, 0.6) is 0 Å². The zero-order valence-electron chi connectivity index (χ0n) is 9.36. The number of alkyl halides is 1. The van der Waals surface area contributed by atoms with Crippen molar-refractivity contribution < 1.29 is 0 Å². The summed E-state index contributed by atoms with van der Waals surface area (Å²) in [6.07, 6.45) is 0. The SMILES string of the molecule is CC(CCl)c1ccccc1-c1ccccc1. The van der Waals surface area contributed by atoms with Crippen LogP contribution in [0, 0.1) is 0 Å². The zero-order chi connectivity index (χ0) is 11.4. The molecule has 0 radical (unpaired) electrons. The van der Waals surface area contributed by atoms with Gasteiger partial charge in [0.25, 0.3) is 0 Å². The maximum Gasteiger partial charge on any atom is 0.0289 e. The summed E-state index contributed by atoms with van der Waals surface area (Å²) in [6, 6.07) is 18.9. The average Bonchev–Trinajstić information content (AvgIpc) is 2.39. The van der Waals surface area contributed by atoms with Crippen molar-refractivity contribution in [2.75, 3.05) is 5.88 Å². The highest BCUT2D eigenvalue weighted by atomic mass is 35.5. The second-order valence-corrected chi connectivity index (χ2v) is 4.32. The summed E-state index contributed by atoms with van der Waals surface area (Å²) in [6.45, 7) is 2.16. The Morgan fingerprint density at radius 2 is 1.56 bits per heavy atom. The Kier molecular flexibility index (Phi) is 3.63. The normalized spacial score (nSPS) is 12.4. The topological polar surface area (TPSA) is 0 Å². The Morgan fingerprint density at radius 3 is 2.25 bits per heavy atom. The molecule has 1 unspecified atom stereocenters. The van der Waals surface area contributed by atoms with Gasteiger partial charge in [0, 0.05) is 5.88 Å². The van der Waals surface area contributed by atoms with Crippen LogP contribution in [0.2, 0.25) is 0 Å². The first-order valence-corrected chi connectivity index (χ1v) is 6.06. The van der Waals surface area contributed by atoms with Crippen LogP contribution >= 0.6 is 11.6 Å². The summed E-state index contributed by atoms with van der Waals surface area (Å²) in [7, 11) is 0. The van der Waals surface area contributed by atoms with Gasteiger partial charge in [-0.3, -0.25) is 0 Å². The van der Waals surface area contributed by atoms with E-state index in [0.29, 0.717) is 11.8 Å². The van der Waals surface area contributed by atoms with Gasteiger partial charge in [0.15, 0.2) is 0 Å². The van der Waals surface area contributed by atoms with E-state index in [9.17, 15) is 0 Å². The van der Waals surface area contributed by atoms with Gasteiger partial charge in [-0.2, -0.15) is 0 Å². The van der Waals surface area contributed by atoms with Gasteiger partial charge in [0.05, 0.1) is 0 Å². The minimum atomic E-state index is 0.387. The van der Waals surface area contributed by atoms with Crippen molar-refractivity contribution in [2.45, 2.75) is 12.8 Å². The number of hydrogen-bond acceptors (Lipinski definition) is 0. The molecule has 0 saturated carbocycles. The Bertz CT molecular complexity index is 448. The van der Waals surface area contributed by atoms with E-state index in [2.05, 4.69) is 55.5 Å². The van der Waals surface area contributed by atoms with Crippen LogP contribution in [-0.2, 0) is 0 Å². The van der Waals surface area contributed by atoms with Gasteiger partial charge in [0.1, 0.15) is 0 Å². The third-order valence-electron chi connectivity index (χ3n) is 2.81. The zero-order valence-corrected chi connectivity index (χ0v) is 10.1. The number of halogens is 1. The maximum absolute atomic E-state index is 5.95. The van der Waals surface area contributed by atoms with Crippen LogP contribution < -0.4 is 0 Å². The van der Waals surface area contributed by atoms with Crippen molar-refractivity contribution in [3.05, 3.63) is 60.2 Å². The molecule has 0 aromatic heterocycles. The molecule has 16 heavy (non-hydrogen) atoms. The minimum Gasteiger partial charge on any atom is -0.126 e. The minimum absolute atomic E-state index is 0.387. The van der Waals surface area contributed by atoms with E-state index in [1.807, 2.05) is 6.07 Å². The fraction of sp³-hybridized carbons (Fsp3) is 0.200. The van der Waals surface area contributed by atoms with Crippen molar-refractivity contribution in [2.24, 2.45) is 0 Å². The number of hydrogen-bond donors (Lipinski definition) is 0. The lowest BCUT2D eigenvalue weighted by Crippen LogP contribution is -1.97. The van der Waals surface area contributed by atoms with Crippen LogP contribution in [0.1, 0.15) is 18.4 Å². The molecule has 0 aliphatic rings. The lowest BCUT2D eigenvalue weighted by Gasteiger charge is -2.14. The van der Waals surface area contributed by atoms with E-state index >= 15 is 0 Å². The third-order valence-corrected chi connectivity index (χ3v) is 3.27. The molecule has 0 saturated heterocycles. The fourth-order valence-electron chi connectivity index (χ4n) is 1.89. The molecule has 0 aliphatic carbocycles. The molecule has 0 spiro atoms. The predicted octanol–water partition coefficient (Wildman–Crippen LogP) is 4.70. The lowest BCUT2D eigenvalue weighted by molar-refractivity contribution is 0.878. The predicted molar refractivity (Wildman–Crippen MR) is 71.0 cm³/mol. The van der Waals surface area contributed by atoms with Gasteiger partial charge < -0.3 is 0 Å². The highest BCUT2D eigenvalue weighted by Gasteiger charge is 2.09. The van der Waals surface area contributed by atoms with Crippen LogP contribution in [0.15, 0.2) is 54.6 Å². The Balaban J connectivity index is 2.49. The maximum atomic E-state index is 5.95. The monoisotopic (exact) mass is 230 g/mol. The summed E-state index contributed by atoms with van der Waals surface area (Å²) in [5.41, 5.74) is 3.87. The smallest absolute Gasteiger partial charge is 0.0289 e. The number of benzene rings is 2. The van der Waals surface area contributed by atoms with Gasteiger partial charge in [-0.25, -0.2) is 0 Å². The molecular formula is C15H15Cl. The van der Waals surface area contributed by atoms with E-state index in [1.165, 1.54) is 16.7 Å². The quantitative estimate of drug-likeness (QED) is 0.671. The van der Waals surface area contributed by atoms with Gasteiger partial charge in [0.2, 0.25) is 0 Å². The lowest BCUT2D eigenvalue weighted by atomic mass is 9.93. The van der Waals surface area contributed by atoms with Crippen molar-refractivity contribution in [3.8, 4) is 11.1 Å². The van der Waals surface area contributed by atoms with E-state index in [1.54, 1.807) is 0 Å². The average molecular weight is 231 g/mol. The number of rotatable bonds is 3. The van der Waals surface area contributed by atoms with Crippen LogP contribution in [-0.4, -0.2) is 5.88 Å². The Morgan fingerprint density at radius 1 is 0.938 bits per heavy atom. The molecule has 1 heteroatoms. The highest BCUT2D eigenvalue weighted by molar-refractivity contribution is 6.18. The molecule has 0 N–H and O–H groups in total. The summed E-state index contributed by atoms with van der Waals surface area (Å²) in [4.78, 5) is 0. The van der Waals surface area contributed by atoms with Crippen LogP contribution in [0.25, 0.3) is 11.1 Å². The largest absolute Gasteiger partial charge is 0.126 e. The Labute approximate surface area is 102 Å². The Hall–Kier alpha value is -1.27. The molecule has 2 aromatic rings. The van der Waals surface area contributed by atoms with Gasteiger partial charge in [-0.05, 0) is 22.6 Å². The molecule has 0 aliphatic heterocycles. The van der Waals surface area contributed by atoms with E-state index in [0.717, 1.165) is 0 Å². The summed E-state index contributed by atoms with van der Waals surface area (Å²) >= 11 is 5.95. The van der Waals surface area contributed by atoms with Gasteiger partial charge in [-0.15, -0.1) is 11.6 Å². The second-order valence-electron chi connectivity index (χ2n) is 4.01. The van der Waals surface area contributed by atoms with Crippen molar-refractivity contribution in [1.29, 1.82) is 0 Å². The fourth-order valence-corrected chi connectivity index (χ4v) is 2.06. The van der Waals surface area contributed by atoms with E-state index in [-0.39, 0.29) is 0 Å². The van der Waals surface area contributed by atoms with Crippen LogP contribution in [0.3, 0.4) is 0 Å². The first-order chi connectivity index (χ1) is 7.83. The molecule has 0 nitrogen and oxygen atoms in total. The summed E-state index contributed by atoms with van der Waals surface area (Å²) in [5, 5.41) is 0. The molecular weight excluding hydrogens is 216 g/mol. The van der Waals surface area contributed by atoms with Crippen molar-refractivity contribution >= 4 is 11.6 Å². The van der Waals surface area contributed by atoms with E-state index < -0.39 is 0 Å². The highest BCUT2D eigenvalue weighted by Crippen LogP contribution is 2.29. The molecule has 0 heterocycles. The van der Waals surface area contributed by atoms with Gasteiger partial charge >= 0.3 is 0 Å². The standard InChI is InChI=1S/C15H15Cl/c1-12(11-16)14-9-5-6-10-15(14)13-7-3-2-4-8-13/h2-10,12H,11H2,1H3. The molecule has 0 fully saturated rings. The molecule has 2 rings (SSSR count). The third kappa shape index (κ3) is 2.28. The second kappa shape index (κ2) is 5.18. The first-order valence-electron chi connectivity index (χ1n) is 5.53. The van der Waals surface area contributed by atoms with Crippen molar-refractivity contribution in [1.82, 2.24) is 0 Å². The molecule has 82 valence electrons. The van der Waals surface area contributed by atoms with Crippen LogP contribution in [0.4, 0.5) is 0 Å². The molecule has 0 amide bonds. The summed E-state index contributed by atoms with van der Waals surface area (Å²) in [5.74, 6) is 1.04.